The lowest BCUT2D eigenvalue weighted by molar-refractivity contribution is 0.0105. The van der Waals surface area contributed by atoms with Crippen molar-refractivity contribution in [1.29, 1.82) is 0 Å². The fourth-order valence-electron chi connectivity index (χ4n) is 1.87. The van der Waals surface area contributed by atoms with Gasteiger partial charge < -0.3 is 15.0 Å². The van der Waals surface area contributed by atoms with Crippen LogP contribution in [0, 0.1) is 5.82 Å². The molecule has 1 heterocycles. The molecule has 1 aliphatic rings. The summed E-state index contributed by atoms with van der Waals surface area (Å²) in [4.78, 5) is 13.3. The first-order valence-electron chi connectivity index (χ1n) is 6.44. The van der Waals surface area contributed by atoms with Crippen LogP contribution in [0.25, 0.3) is 0 Å². The minimum atomic E-state index is -0.505. The molecular weight excluding hydrogens is 283 g/mol. The molecule has 1 amide bonds. The summed E-state index contributed by atoms with van der Waals surface area (Å²) in [5.74, 6) is -0.356. The standard InChI is InChI=1S/C14H18ClFN2O2/c1-14(2,3)20-13(19)18-7-10(8-18)17-12-6-9(15)4-5-11(12)16/h4-6,10,17H,7-8H2,1-3H3. The summed E-state index contributed by atoms with van der Waals surface area (Å²) in [6.07, 6.45) is -0.345. The molecule has 1 fully saturated rings. The third-order valence-electron chi connectivity index (χ3n) is 2.82. The van der Waals surface area contributed by atoms with Gasteiger partial charge in [-0.3, -0.25) is 0 Å². The van der Waals surface area contributed by atoms with Crippen LogP contribution in [0.5, 0.6) is 0 Å². The zero-order chi connectivity index (χ0) is 14.9. The number of hydrogen-bond donors (Lipinski definition) is 1. The van der Waals surface area contributed by atoms with Gasteiger partial charge in [0, 0.05) is 18.1 Å². The number of nitrogens with one attached hydrogen (secondary N) is 1. The van der Waals surface area contributed by atoms with E-state index in [2.05, 4.69) is 5.32 Å². The van der Waals surface area contributed by atoms with Gasteiger partial charge in [0.15, 0.2) is 0 Å². The molecule has 0 aliphatic carbocycles. The number of anilines is 1. The van der Waals surface area contributed by atoms with Gasteiger partial charge in [-0.05, 0) is 39.0 Å². The minimum absolute atomic E-state index is 0.00971. The van der Waals surface area contributed by atoms with Crippen LogP contribution in [0.4, 0.5) is 14.9 Å². The number of rotatable bonds is 2. The zero-order valence-electron chi connectivity index (χ0n) is 11.7. The summed E-state index contributed by atoms with van der Waals surface area (Å²) < 4.78 is 18.8. The largest absolute Gasteiger partial charge is 0.444 e. The van der Waals surface area contributed by atoms with Crippen LogP contribution in [-0.2, 0) is 4.74 Å². The molecule has 20 heavy (non-hydrogen) atoms. The maximum Gasteiger partial charge on any atom is 0.410 e. The average molecular weight is 301 g/mol. The Hall–Kier alpha value is -1.49. The van der Waals surface area contributed by atoms with E-state index in [0.717, 1.165) is 0 Å². The summed E-state index contributed by atoms with van der Waals surface area (Å²) in [6, 6.07) is 4.35. The fourth-order valence-corrected chi connectivity index (χ4v) is 2.05. The SMILES string of the molecule is CC(C)(C)OC(=O)N1CC(Nc2cc(Cl)ccc2F)C1. The molecule has 2 rings (SSSR count). The number of amides is 1. The molecule has 1 saturated heterocycles. The Labute approximate surface area is 122 Å². The lowest BCUT2D eigenvalue weighted by atomic mass is 10.1. The predicted molar refractivity (Wildman–Crippen MR) is 76.6 cm³/mol. The highest BCUT2D eigenvalue weighted by Gasteiger charge is 2.33. The van der Waals surface area contributed by atoms with Crippen LogP contribution >= 0.6 is 11.6 Å². The molecule has 1 N–H and O–H groups in total. The Morgan fingerprint density at radius 1 is 1.45 bits per heavy atom. The van der Waals surface area contributed by atoms with Crippen LogP contribution in [-0.4, -0.2) is 35.7 Å². The lowest BCUT2D eigenvalue weighted by Gasteiger charge is -2.40. The van der Waals surface area contributed by atoms with E-state index < -0.39 is 5.60 Å². The van der Waals surface area contributed by atoms with Gasteiger partial charge in [0.25, 0.3) is 0 Å². The molecule has 0 unspecified atom stereocenters. The third kappa shape index (κ3) is 3.76. The molecule has 0 spiro atoms. The van der Waals surface area contributed by atoms with Crippen molar-refractivity contribution in [3.63, 3.8) is 0 Å². The van der Waals surface area contributed by atoms with Gasteiger partial charge in [-0.1, -0.05) is 11.6 Å². The first kappa shape index (κ1) is 14.9. The molecule has 0 bridgehead atoms. The Morgan fingerprint density at radius 2 is 2.10 bits per heavy atom. The van der Waals surface area contributed by atoms with Gasteiger partial charge in [-0.2, -0.15) is 0 Å². The summed E-state index contributed by atoms with van der Waals surface area (Å²) in [7, 11) is 0. The van der Waals surface area contributed by atoms with Crippen molar-refractivity contribution in [2.24, 2.45) is 0 Å². The van der Waals surface area contributed by atoms with E-state index in [4.69, 9.17) is 16.3 Å². The number of carbonyl (C=O) groups is 1. The maximum atomic E-state index is 13.5. The van der Waals surface area contributed by atoms with E-state index in [0.29, 0.717) is 23.8 Å². The Kier molecular flexibility index (Phi) is 4.09. The molecule has 4 nitrogen and oxygen atoms in total. The first-order chi connectivity index (χ1) is 9.24. The smallest absolute Gasteiger partial charge is 0.410 e. The normalized spacial score (nSPS) is 15.8. The van der Waals surface area contributed by atoms with Crippen LogP contribution in [0.15, 0.2) is 18.2 Å². The number of ether oxygens (including phenoxy) is 1. The number of benzene rings is 1. The molecule has 1 aliphatic heterocycles. The van der Waals surface area contributed by atoms with E-state index in [1.807, 2.05) is 20.8 Å². The van der Waals surface area contributed by atoms with Crippen LogP contribution in [0.1, 0.15) is 20.8 Å². The Balaban J connectivity index is 1.85. The minimum Gasteiger partial charge on any atom is -0.444 e. The Bertz CT molecular complexity index is 510. The molecule has 0 atom stereocenters. The van der Waals surface area contributed by atoms with Crippen molar-refractivity contribution in [1.82, 2.24) is 4.90 Å². The quantitative estimate of drug-likeness (QED) is 0.909. The van der Waals surface area contributed by atoms with Crippen molar-refractivity contribution < 1.29 is 13.9 Å². The number of nitrogens with zero attached hydrogens (tertiary/aromatic N) is 1. The Morgan fingerprint density at radius 3 is 2.70 bits per heavy atom. The first-order valence-corrected chi connectivity index (χ1v) is 6.82. The number of hydrogen-bond acceptors (Lipinski definition) is 3. The lowest BCUT2D eigenvalue weighted by Crippen LogP contribution is -2.58. The fraction of sp³-hybridized carbons (Fsp3) is 0.500. The van der Waals surface area contributed by atoms with Crippen molar-refractivity contribution >= 4 is 23.4 Å². The highest BCUT2D eigenvalue weighted by Crippen LogP contribution is 2.23. The van der Waals surface area contributed by atoms with E-state index >= 15 is 0 Å². The van der Waals surface area contributed by atoms with Gasteiger partial charge in [0.2, 0.25) is 0 Å². The second-order valence-corrected chi connectivity index (χ2v) is 6.29. The van der Waals surface area contributed by atoms with Crippen molar-refractivity contribution in [3.05, 3.63) is 29.0 Å². The monoisotopic (exact) mass is 300 g/mol. The van der Waals surface area contributed by atoms with Crippen LogP contribution in [0.3, 0.4) is 0 Å². The van der Waals surface area contributed by atoms with E-state index in [-0.39, 0.29) is 18.0 Å². The topological polar surface area (TPSA) is 41.6 Å². The van der Waals surface area contributed by atoms with Crippen molar-refractivity contribution in [2.75, 3.05) is 18.4 Å². The average Bonchev–Trinajstić information content (AvgIpc) is 2.24. The van der Waals surface area contributed by atoms with Crippen LogP contribution < -0.4 is 5.32 Å². The molecule has 1 aromatic rings. The third-order valence-corrected chi connectivity index (χ3v) is 3.06. The van der Waals surface area contributed by atoms with Gasteiger partial charge in [0.05, 0.1) is 11.7 Å². The number of halogens is 2. The number of carbonyl (C=O) groups excluding carboxylic acids is 1. The summed E-state index contributed by atoms with van der Waals surface area (Å²) in [6.45, 7) is 6.44. The second-order valence-electron chi connectivity index (χ2n) is 5.85. The van der Waals surface area contributed by atoms with Gasteiger partial charge >= 0.3 is 6.09 Å². The highest BCUT2D eigenvalue weighted by molar-refractivity contribution is 6.30. The summed E-state index contributed by atoms with van der Waals surface area (Å²) in [5, 5.41) is 3.50. The predicted octanol–water partition coefficient (Wildman–Crippen LogP) is 3.51. The maximum absolute atomic E-state index is 13.5. The molecule has 110 valence electrons. The van der Waals surface area contributed by atoms with E-state index in [1.54, 1.807) is 4.90 Å². The van der Waals surface area contributed by atoms with E-state index in [9.17, 15) is 9.18 Å². The molecule has 6 heteroatoms. The second kappa shape index (κ2) is 5.48. The zero-order valence-corrected chi connectivity index (χ0v) is 12.5. The molecule has 0 radical (unpaired) electrons. The van der Waals surface area contributed by atoms with Crippen molar-refractivity contribution in [2.45, 2.75) is 32.4 Å². The molecular formula is C14H18ClFN2O2. The summed E-state index contributed by atoms with van der Waals surface area (Å²) in [5.41, 5.74) is -0.152. The van der Waals surface area contributed by atoms with E-state index in [1.165, 1.54) is 18.2 Å². The van der Waals surface area contributed by atoms with Crippen LogP contribution in [0.2, 0.25) is 5.02 Å². The van der Waals surface area contributed by atoms with Crippen molar-refractivity contribution in [3.8, 4) is 0 Å². The molecule has 0 saturated carbocycles. The molecule has 1 aromatic carbocycles. The van der Waals surface area contributed by atoms with Gasteiger partial charge in [-0.25, -0.2) is 9.18 Å². The molecule has 0 aromatic heterocycles. The summed E-state index contributed by atoms with van der Waals surface area (Å²) >= 11 is 5.82. The van der Waals surface area contributed by atoms with Gasteiger partial charge in [-0.15, -0.1) is 0 Å². The number of likely N-dealkylation sites (tertiary alicyclic amines) is 1. The highest BCUT2D eigenvalue weighted by atomic mass is 35.5. The van der Waals surface area contributed by atoms with Gasteiger partial charge in [0.1, 0.15) is 11.4 Å².